The molecular weight excluding hydrogens is 245 g/mol. The second kappa shape index (κ2) is 3.06. The molecule has 0 spiro atoms. The van der Waals surface area contributed by atoms with E-state index in [1.165, 1.54) is 24.0 Å². The summed E-state index contributed by atoms with van der Waals surface area (Å²) in [5, 5.41) is 0. The van der Waals surface area contributed by atoms with Crippen LogP contribution >= 0.6 is 27.8 Å². The van der Waals surface area contributed by atoms with E-state index in [2.05, 4.69) is 15.9 Å². The SMILES string of the molecule is Fc1ccc(Cn2os2)c(Br)c1. The second-order valence-electron chi connectivity index (χ2n) is 2.38. The summed E-state index contributed by atoms with van der Waals surface area (Å²) in [6.45, 7) is 0.672. The van der Waals surface area contributed by atoms with Crippen LogP contribution in [0.4, 0.5) is 4.39 Å². The molecule has 0 aliphatic rings. The fourth-order valence-electron chi connectivity index (χ4n) is 0.865. The van der Waals surface area contributed by atoms with E-state index in [9.17, 15) is 4.39 Å². The maximum Gasteiger partial charge on any atom is 0.191 e. The van der Waals surface area contributed by atoms with Gasteiger partial charge >= 0.3 is 0 Å². The molecule has 0 N–H and O–H groups in total. The van der Waals surface area contributed by atoms with Crippen molar-refractivity contribution in [2.75, 3.05) is 0 Å². The molecule has 0 unspecified atom stereocenters. The van der Waals surface area contributed by atoms with Crippen LogP contribution in [0, 0.1) is 5.82 Å². The van der Waals surface area contributed by atoms with Crippen molar-refractivity contribution >= 4 is 27.8 Å². The Bertz CT molecular complexity index is 370. The van der Waals surface area contributed by atoms with E-state index in [0.29, 0.717) is 6.54 Å². The Balaban J connectivity index is 2.26. The number of hydrogen-bond acceptors (Lipinski definition) is 2. The Morgan fingerprint density at radius 3 is 2.92 bits per heavy atom. The lowest BCUT2D eigenvalue weighted by Gasteiger charge is -1.98. The predicted molar refractivity (Wildman–Crippen MR) is 47.8 cm³/mol. The number of halogens is 2. The van der Waals surface area contributed by atoms with Crippen LogP contribution in [0.2, 0.25) is 0 Å². The summed E-state index contributed by atoms with van der Waals surface area (Å²) in [7, 11) is 0. The molecule has 12 heavy (non-hydrogen) atoms. The Morgan fingerprint density at radius 2 is 2.33 bits per heavy atom. The third-order valence-electron chi connectivity index (χ3n) is 1.49. The highest BCUT2D eigenvalue weighted by molar-refractivity contribution is 9.10. The average Bonchev–Trinajstić information content (AvgIpc) is 2.79. The molecule has 2 aromatic rings. The molecule has 0 saturated carbocycles. The van der Waals surface area contributed by atoms with Crippen molar-refractivity contribution in [1.82, 2.24) is 4.13 Å². The fourth-order valence-corrected chi connectivity index (χ4v) is 1.63. The van der Waals surface area contributed by atoms with Crippen LogP contribution in [0.1, 0.15) is 5.56 Å². The highest BCUT2D eigenvalue weighted by Crippen LogP contribution is 2.21. The zero-order chi connectivity index (χ0) is 8.55. The molecule has 0 aliphatic carbocycles. The Kier molecular flexibility index (Phi) is 2.06. The Labute approximate surface area is 81.1 Å². The quantitative estimate of drug-likeness (QED) is 0.800. The average molecular weight is 250 g/mol. The van der Waals surface area contributed by atoms with E-state index in [0.717, 1.165) is 10.0 Å². The molecule has 1 aromatic carbocycles. The van der Waals surface area contributed by atoms with E-state index in [1.807, 2.05) is 0 Å². The Morgan fingerprint density at radius 1 is 1.58 bits per heavy atom. The van der Waals surface area contributed by atoms with Gasteiger partial charge in [0.1, 0.15) is 5.82 Å². The van der Waals surface area contributed by atoms with Gasteiger partial charge in [0.2, 0.25) is 0 Å². The van der Waals surface area contributed by atoms with Crippen LogP contribution in [0.5, 0.6) is 0 Å². The molecule has 0 aliphatic heterocycles. The molecule has 64 valence electrons. The maximum atomic E-state index is 12.6. The zero-order valence-electron chi connectivity index (χ0n) is 5.96. The van der Waals surface area contributed by atoms with Crippen LogP contribution in [-0.2, 0) is 6.54 Å². The maximum absolute atomic E-state index is 12.6. The minimum absolute atomic E-state index is 0.231. The normalized spacial score (nSPS) is 10.8. The van der Waals surface area contributed by atoms with Crippen molar-refractivity contribution in [2.45, 2.75) is 6.54 Å². The van der Waals surface area contributed by atoms with Gasteiger partial charge in [-0.15, -0.1) is 4.13 Å². The summed E-state index contributed by atoms with van der Waals surface area (Å²) in [4.78, 5) is 0. The van der Waals surface area contributed by atoms with Crippen molar-refractivity contribution in [3.63, 3.8) is 0 Å². The topological polar surface area (TPSA) is 18.1 Å². The van der Waals surface area contributed by atoms with Gasteiger partial charge in [0.15, 0.2) is 11.8 Å². The number of aromatic nitrogens is 1. The van der Waals surface area contributed by atoms with Crippen molar-refractivity contribution < 1.29 is 8.35 Å². The summed E-state index contributed by atoms with van der Waals surface area (Å²) >= 11 is 4.57. The number of rotatable bonds is 2. The number of hydrogen-bond donors (Lipinski definition) is 0. The van der Waals surface area contributed by atoms with E-state index in [4.69, 9.17) is 3.96 Å². The number of benzene rings is 1. The van der Waals surface area contributed by atoms with Crippen LogP contribution in [0.15, 0.2) is 26.6 Å². The molecule has 0 amide bonds. The van der Waals surface area contributed by atoms with Crippen molar-refractivity contribution in [1.29, 1.82) is 0 Å². The molecule has 5 heteroatoms. The molecular formula is C7H5BrFNOS. The van der Waals surface area contributed by atoms with Gasteiger partial charge in [0.25, 0.3) is 0 Å². The first kappa shape index (κ1) is 8.07. The summed E-state index contributed by atoms with van der Waals surface area (Å²) < 4.78 is 19.9. The third kappa shape index (κ3) is 1.78. The molecule has 1 heterocycles. The van der Waals surface area contributed by atoms with Gasteiger partial charge in [0.05, 0.1) is 6.54 Å². The molecule has 0 atom stereocenters. The van der Waals surface area contributed by atoms with Crippen molar-refractivity contribution in [2.24, 2.45) is 0 Å². The Hall–Kier alpha value is -0.550. The zero-order valence-corrected chi connectivity index (χ0v) is 8.36. The van der Waals surface area contributed by atoms with Gasteiger partial charge in [-0.2, -0.15) is 0 Å². The second-order valence-corrected chi connectivity index (χ2v) is 3.94. The largest absolute Gasteiger partial charge is 0.286 e. The van der Waals surface area contributed by atoms with Crippen LogP contribution in [0.3, 0.4) is 0 Å². The molecule has 0 bridgehead atoms. The van der Waals surface area contributed by atoms with E-state index < -0.39 is 0 Å². The molecule has 1 aromatic heterocycles. The van der Waals surface area contributed by atoms with Gasteiger partial charge < -0.3 is 0 Å². The molecule has 0 saturated heterocycles. The standard InChI is InChI=1S/C7H5BrFNOS/c8-7-3-6(9)2-1-5(7)4-10-11-12-10/h1-3H,4H2. The smallest absolute Gasteiger partial charge is 0.191 e. The number of nitrogens with zero attached hydrogens (tertiary/aromatic N) is 1. The van der Waals surface area contributed by atoms with Gasteiger partial charge in [-0.3, -0.25) is 3.96 Å². The van der Waals surface area contributed by atoms with Gasteiger partial charge in [-0.1, -0.05) is 22.0 Å². The van der Waals surface area contributed by atoms with E-state index >= 15 is 0 Å². The highest BCUT2D eigenvalue weighted by Gasteiger charge is 2.06. The summed E-state index contributed by atoms with van der Waals surface area (Å²) in [6.07, 6.45) is 0. The summed E-state index contributed by atoms with van der Waals surface area (Å²) in [6, 6.07) is 4.62. The van der Waals surface area contributed by atoms with Gasteiger partial charge in [0, 0.05) is 4.47 Å². The first-order chi connectivity index (χ1) is 5.75. The highest BCUT2D eigenvalue weighted by atomic mass is 79.9. The van der Waals surface area contributed by atoms with Crippen molar-refractivity contribution in [3.05, 3.63) is 34.1 Å². The van der Waals surface area contributed by atoms with Gasteiger partial charge in [-0.25, -0.2) is 4.39 Å². The third-order valence-corrected chi connectivity index (χ3v) is 2.72. The summed E-state index contributed by atoms with van der Waals surface area (Å²) in [5.74, 6) is -0.231. The molecule has 0 fully saturated rings. The molecule has 2 rings (SSSR count). The first-order valence-electron chi connectivity index (χ1n) is 3.32. The van der Waals surface area contributed by atoms with Crippen LogP contribution in [-0.4, -0.2) is 4.13 Å². The molecule has 0 radical (unpaired) electrons. The first-order valence-corrected chi connectivity index (χ1v) is 4.81. The van der Waals surface area contributed by atoms with Crippen molar-refractivity contribution in [3.8, 4) is 0 Å². The van der Waals surface area contributed by atoms with Crippen LogP contribution < -0.4 is 0 Å². The summed E-state index contributed by atoms with van der Waals surface area (Å²) in [5.41, 5.74) is 1.02. The lowest BCUT2D eigenvalue weighted by atomic mass is 10.2. The predicted octanol–water partition coefficient (Wildman–Crippen LogP) is 3.09. The fraction of sp³-hybridized carbons (Fsp3) is 0.143. The van der Waals surface area contributed by atoms with E-state index in [-0.39, 0.29) is 5.82 Å². The minimum Gasteiger partial charge on any atom is -0.286 e. The lowest BCUT2D eigenvalue weighted by molar-refractivity contribution is 0.472. The monoisotopic (exact) mass is 249 g/mol. The van der Waals surface area contributed by atoms with Crippen LogP contribution in [0.25, 0.3) is 0 Å². The minimum atomic E-state index is -0.231. The lowest BCUT2D eigenvalue weighted by Crippen LogP contribution is -1.90. The van der Waals surface area contributed by atoms with Gasteiger partial charge in [-0.05, 0) is 17.7 Å². The van der Waals surface area contributed by atoms with E-state index in [1.54, 1.807) is 10.2 Å². The molecule has 2 nitrogen and oxygen atoms in total.